The van der Waals surface area contributed by atoms with E-state index in [0.29, 0.717) is 58.3 Å². The summed E-state index contributed by atoms with van der Waals surface area (Å²) in [5.41, 5.74) is 3.68. The third-order valence-corrected chi connectivity index (χ3v) is 14.8. The summed E-state index contributed by atoms with van der Waals surface area (Å²) in [7, 11) is -6.52. The first-order chi connectivity index (χ1) is 26.9. The molecule has 0 aromatic heterocycles. The maximum Gasteiger partial charge on any atom is 0.410 e. The standard InChI is InChI=1S/C42H62N2O10SSi2/c1-42(2)52-30-36-27-35(14-17-39(36)54-42)40-28-43(41(45)53-40)19-18-33-12-15-37(16-13-33)51-21-20-48-29-34-10-9-11-38(26-34)55(46,47)44(31-49-22-24-56(3,4)5)32-50-23-25-57(6,7)8/h9-17,26-27,40H,18-25,28-32H2,1-8H3/t40-/m0/s1. The number of rotatable bonds is 22. The molecule has 57 heavy (non-hydrogen) atoms. The highest BCUT2D eigenvalue weighted by Gasteiger charge is 2.34. The van der Waals surface area contributed by atoms with E-state index in [9.17, 15) is 13.2 Å². The third kappa shape index (κ3) is 14.2. The maximum absolute atomic E-state index is 13.8. The van der Waals surface area contributed by atoms with Crippen LogP contribution in [0.5, 0.6) is 11.5 Å². The highest BCUT2D eigenvalue weighted by molar-refractivity contribution is 7.89. The first-order valence-electron chi connectivity index (χ1n) is 19.8. The van der Waals surface area contributed by atoms with Crippen molar-refractivity contribution < 1.29 is 46.4 Å². The molecule has 1 atom stereocenters. The molecule has 2 aliphatic rings. The van der Waals surface area contributed by atoms with Crippen molar-refractivity contribution >= 4 is 32.3 Å². The van der Waals surface area contributed by atoms with Gasteiger partial charge in [0.2, 0.25) is 15.8 Å². The molecule has 0 N–H and O–H groups in total. The minimum atomic E-state index is -3.87. The maximum atomic E-state index is 13.8. The Hall–Kier alpha value is -3.29. The lowest BCUT2D eigenvalue weighted by Crippen LogP contribution is -2.36. The Bertz CT molecular complexity index is 1860. The van der Waals surface area contributed by atoms with Gasteiger partial charge in [0, 0.05) is 55.3 Å². The number of fused-ring (bicyclic) bond motifs is 1. The molecule has 3 aromatic rings. The summed E-state index contributed by atoms with van der Waals surface area (Å²) in [5, 5.41) is 0. The Morgan fingerprint density at radius 3 is 2.18 bits per heavy atom. The minimum absolute atomic E-state index is 0.0607. The first kappa shape index (κ1) is 44.8. The Morgan fingerprint density at radius 1 is 0.825 bits per heavy atom. The van der Waals surface area contributed by atoms with Gasteiger partial charge in [-0.2, -0.15) is 0 Å². The number of sulfonamides is 1. The fourth-order valence-corrected chi connectivity index (χ4v) is 8.85. The zero-order chi connectivity index (χ0) is 41.3. The molecule has 0 bridgehead atoms. The number of ether oxygens (including phenoxy) is 7. The SMILES string of the molecule is CC1(C)OCc2cc([C@@H]3CN(CCc4ccc(OCCOCc5cccc(S(=O)(=O)N(COCC[Si](C)(C)C)COCC[Si](C)(C)C)c5)cc4)C(=O)O3)ccc2O1. The van der Waals surface area contributed by atoms with Gasteiger partial charge in [-0.05, 0) is 71.6 Å². The zero-order valence-corrected chi connectivity index (χ0v) is 37.8. The monoisotopic (exact) mass is 842 g/mol. The van der Waals surface area contributed by atoms with Crippen LogP contribution in [0.2, 0.25) is 51.4 Å². The van der Waals surface area contributed by atoms with Gasteiger partial charge in [-0.1, -0.05) is 69.6 Å². The molecule has 1 fully saturated rings. The average Bonchev–Trinajstić information content (AvgIpc) is 3.52. The normalized spacial score (nSPS) is 17.0. The Balaban J connectivity index is 1.04. The van der Waals surface area contributed by atoms with E-state index < -0.39 is 32.0 Å². The predicted octanol–water partition coefficient (Wildman–Crippen LogP) is 8.28. The number of cyclic esters (lactones) is 1. The molecule has 15 heteroatoms. The fourth-order valence-electron chi connectivity index (χ4n) is 6.06. The van der Waals surface area contributed by atoms with E-state index in [1.54, 1.807) is 23.1 Å². The highest BCUT2D eigenvalue weighted by atomic mass is 32.2. The van der Waals surface area contributed by atoms with Crippen molar-refractivity contribution in [1.82, 2.24) is 9.21 Å². The van der Waals surface area contributed by atoms with Gasteiger partial charge in [0.05, 0.1) is 31.3 Å². The van der Waals surface area contributed by atoms with Crippen molar-refractivity contribution in [2.75, 3.05) is 53.0 Å². The summed E-state index contributed by atoms with van der Waals surface area (Å²) in [5.74, 6) is 0.835. The summed E-state index contributed by atoms with van der Waals surface area (Å²) < 4.78 is 69.7. The fraction of sp³-hybridized carbons (Fsp3) is 0.548. The van der Waals surface area contributed by atoms with Gasteiger partial charge in [-0.3, -0.25) is 0 Å². The van der Waals surface area contributed by atoms with Crippen LogP contribution in [0.4, 0.5) is 4.79 Å². The van der Waals surface area contributed by atoms with E-state index in [4.69, 9.17) is 33.2 Å². The van der Waals surface area contributed by atoms with Gasteiger partial charge < -0.3 is 38.1 Å². The molecule has 2 heterocycles. The number of hydrogen-bond donors (Lipinski definition) is 0. The van der Waals surface area contributed by atoms with Gasteiger partial charge in [0.1, 0.15) is 37.7 Å². The second-order valence-corrected chi connectivity index (χ2v) is 30.8. The van der Waals surface area contributed by atoms with Crippen LogP contribution < -0.4 is 9.47 Å². The summed E-state index contributed by atoms with van der Waals surface area (Å²) in [6.45, 7) is 20.6. The lowest BCUT2D eigenvalue weighted by molar-refractivity contribution is -0.180. The van der Waals surface area contributed by atoms with Gasteiger partial charge >= 0.3 is 6.09 Å². The average molecular weight is 843 g/mol. The molecule has 12 nitrogen and oxygen atoms in total. The smallest absolute Gasteiger partial charge is 0.410 e. The molecule has 3 aromatic carbocycles. The molecule has 1 saturated heterocycles. The van der Waals surface area contributed by atoms with Gasteiger partial charge in [0.25, 0.3) is 0 Å². The molecule has 5 rings (SSSR count). The van der Waals surface area contributed by atoms with Crippen LogP contribution in [0, 0.1) is 0 Å². The van der Waals surface area contributed by atoms with Crippen molar-refractivity contribution in [2.24, 2.45) is 0 Å². The topological polar surface area (TPSA) is 122 Å². The molecule has 0 spiro atoms. The Morgan fingerprint density at radius 2 is 1.51 bits per heavy atom. The molecule has 0 radical (unpaired) electrons. The molecular formula is C42H62N2O10SSi2. The number of carbonyl (C=O) groups excluding carboxylic acids is 1. The third-order valence-electron chi connectivity index (χ3n) is 9.63. The van der Waals surface area contributed by atoms with Crippen LogP contribution in [0.1, 0.15) is 42.2 Å². The van der Waals surface area contributed by atoms with Gasteiger partial charge in [0.15, 0.2) is 0 Å². The molecule has 2 aliphatic heterocycles. The van der Waals surface area contributed by atoms with Crippen molar-refractivity contribution in [1.29, 1.82) is 0 Å². The van der Waals surface area contributed by atoms with E-state index in [0.717, 1.165) is 40.1 Å². The van der Waals surface area contributed by atoms with Crippen LogP contribution in [0.3, 0.4) is 0 Å². The van der Waals surface area contributed by atoms with Crippen LogP contribution in [-0.4, -0.2) is 98.6 Å². The number of benzene rings is 3. The molecule has 0 unspecified atom stereocenters. The Labute approximate surface area is 341 Å². The van der Waals surface area contributed by atoms with Crippen LogP contribution >= 0.6 is 0 Å². The van der Waals surface area contributed by atoms with Gasteiger partial charge in [-0.25, -0.2) is 13.2 Å². The molecular weight excluding hydrogens is 781 g/mol. The summed E-state index contributed by atoms with van der Waals surface area (Å²) in [6, 6.07) is 22.4. The second-order valence-electron chi connectivity index (χ2n) is 17.6. The molecule has 0 aliphatic carbocycles. The van der Waals surface area contributed by atoms with Crippen LogP contribution in [-0.2, 0) is 53.3 Å². The van der Waals surface area contributed by atoms with Crippen molar-refractivity contribution in [2.45, 2.75) is 102 Å². The molecule has 314 valence electrons. The second kappa shape index (κ2) is 19.6. The Kier molecular flexibility index (Phi) is 15.4. The van der Waals surface area contributed by atoms with E-state index in [1.165, 1.54) is 4.31 Å². The minimum Gasteiger partial charge on any atom is -0.491 e. The lowest BCUT2D eigenvalue weighted by atomic mass is 10.0. The summed E-state index contributed by atoms with van der Waals surface area (Å²) >= 11 is 0. The lowest BCUT2D eigenvalue weighted by Gasteiger charge is -2.32. The van der Waals surface area contributed by atoms with Crippen LogP contribution in [0.15, 0.2) is 71.6 Å². The van der Waals surface area contributed by atoms with E-state index in [-0.39, 0.29) is 37.2 Å². The van der Waals surface area contributed by atoms with Crippen molar-refractivity contribution in [3.05, 3.63) is 89.0 Å². The van der Waals surface area contributed by atoms with Crippen molar-refractivity contribution in [3.8, 4) is 11.5 Å². The first-order valence-corrected chi connectivity index (χ1v) is 28.7. The largest absolute Gasteiger partial charge is 0.491 e. The summed E-state index contributed by atoms with van der Waals surface area (Å²) in [6.07, 6.45) is 0.00908. The predicted molar refractivity (Wildman–Crippen MR) is 225 cm³/mol. The summed E-state index contributed by atoms with van der Waals surface area (Å²) in [4.78, 5) is 14.6. The van der Waals surface area contributed by atoms with Crippen LogP contribution in [0.25, 0.3) is 0 Å². The number of nitrogens with zero attached hydrogens (tertiary/aromatic N) is 2. The highest BCUT2D eigenvalue weighted by Crippen LogP contribution is 2.35. The molecule has 0 saturated carbocycles. The van der Waals surface area contributed by atoms with E-state index in [2.05, 4.69) is 39.3 Å². The number of amides is 1. The van der Waals surface area contributed by atoms with Gasteiger partial charge in [-0.15, -0.1) is 4.31 Å². The van der Waals surface area contributed by atoms with E-state index >= 15 is 0 Å². The zero-order valence-electron chi connectivity index (χ0n) is 35.0. The number of hydrogen-bond acceptors (Lipinski definition) is 10. The van der Waals surface area contributed by atoms with E-state index in [1.807, 2.05) is 62.4 Å². The quantitative estimate of drug-likeness (QED) is 0.0555. The van der Waals surface area contributed by atoms with Crippen molar-refractivity contribution in [3.63, 3.8) is 0 Å². The molecule has 1 amide bonds. The number of carbonyl (C=O) groups is 1.